The van der Waals surface area contributed by atoms with E-state index in [-0.39, 0.29) is 31.3 Å². The predicted octanol–water partition coefficient (Wildman–Crippen LogP) is 4.66. The number of rotatable bonds is 6. The summed E-state index contributed by atoms with van der Waals surface area (Å²) in [6.45, 7) is 5.67. The second kappa shape index (κ2) is 10.6. The number of aromatic nitrogens is 5. The Hall–Kier alpha value is -3.73. The molecule has 1 aliphatic rings. The monoisotopic (exact) mass is 579 g/mol. The number of carbonyl (C=O) groups is 2. The first-order valence-corrected chi connectivity index (χ1v) is 13.2. The largest absolute Gasteiger partial charge is 0.326 e. The fourth-order valence-corrected chi connectivity index (χ4v) is 5.03. The Bertz CT molecular complexity index is 1510. The lowest BCUT2D eigenvalue weighted by Gasteiger charge is -2.23. The fourth-order valence-electron chi connectivity index (χ4n) is 4.69. The van der Waals surface area contributed by atoms with Crippen LogP contribution in [0.15, 0.2) is 53.4 Å². The third-order valence-corrected chi connectivity index (χ3v) is 7.01. The first kappa shape index (κ1) is 25.9. The van der Waals surface area contributed by atoms with E-state index < -0.39 is 18.1 Å². The number of carbonyl (C=O) groups excluding carboxylic acids is 2. The molecule has 1 fully saturated rings. The molecule has 0 radical (unpaired) electrons. The van der Waals surface area contributed by atoms with Crippen molar-refractivity contribution in [2.75, 3.05) is 11.9 Å². The van der Waals surface area contributed by atoms with Crippen LogP contribution in [0, 0.1) is 6.92 Å². The topological polar surface area (TPSA) is 106 Å². The molecule has 5 rings (SSSR count). The van der Waals surface area contributed by atoms with Gasteiger partial charge >= 0.3 is 0 Å². The maximum absolute atomic E-state index is 14.4. The number of amides is 2. The number of hydrogen-bond donors (Lipinski definition) is 1. The molecule has 0 aliphatic carbocycles. The van der Waals surface area contributed by atoms with Crippen LogP contribution in [0.1, 0.15) is 37.7 Å². The second-order valence-electron chi connectivity index (χ2n) is 9.68. The van der Waals surface area contributed by atoms with Gasteiger partial charge in [0.2, 0.25) is 11.8 Å². The van der Waals surface area contributed by atoms with E-state index in [1.165, 1.54) is 4.90 Å². The highest BCUT2D eigenvalue weighted by atomic mass is 79.9. The summed E-state index contributed by atoms with van der Waals surface area (Å²) >= 11 is 3.27. The van der Waals surface area contributed by atoms with E-state index in [1.807, 2.05) is 39.0 Å². The Kier molecular flexibility index (Phi) is 7.20. The van der Waals surface area contributed by atoms with Crippen molar-refractivity contribution in [2.24, 2.45) is 0 Å². The standard InChI is InChI=1S/C27H27BrFN7O2/c1-15(2)26-20-9-17(18-11-30-16(3)31-12-18)7-8-21(20)36(34-26)14-25(37)35-13-19(29)10-22(35)27(38)33-24-6-4-5-23(28)32-24/h4-9,11-12,15,19,22H,10,13-14H2,1-3H3,(H,32,33,38)/t19-,22+/m1/s1. The van der Waals surface area contributed by atoms with Gasteiger partial charge in [-0.05, 0) is 58.6 Å². The molecule has 11 heteroatoms. The summed E-state index contributed by atoms with van der Waals surface area (Å²) in [5.74, 6) is 0.289. The second-order valence-corrected chi connectivity index (χ2v) is 10.5. The van der Waals surface area contributed by atoms with Crippen LogP contribution < -0.4 is 5.32 Å². The molecule has 1 saturated heterocycles. The van der Waals surface area contributed by atoms with E-state index in [9.17, 15) is 14.0 Å². The van der Waals surface area contributed by atoms with Gasteiger partial charge < -0.3 is 10.2 Å². The van der Waals surface area contributed by atoms with Crippen molar-refractivity contribution < 1.29 is 14.0 Å². The molecular weight excluding hydrogens is 553 g/mol. The van der Waals surface area contributed by atoms with Crippen molar-refractivity contribution in [1.29, 1.82) is 0 Å². The van der Waals surface area contributed by atoms with Gasteiger partial charge in [0.15, 0.2) is 0 Å². The van der Waals surface area contributed by atoms with Gasteiger partial charge in [-0.2, -0.15) is 5.10 Å². The van der Waals surface area contributed by atoms with E-state index in [4.69, 9.17) is 5.10 Å². The molecule has 9 nitrogen and oxygen atoms in total. The van der Waals surface area contributed by atoms with E-state index >= 15 is 0 Å². The Morgan fingerprint density at radius 3 is 2.63 bits per heavy atom. The quantitative estimate of drug-likeness (QED) is 0.333. The van der Waals surface area contributed by atoms with E-state index in [0.29, 0.717) is 16.2 Å². The van der Waals surface area contributed by atoms with E-state index in [1.54, 1.807) is 35.3 Å². The normalized spacial score (nSPS) is 17.4. The average Bonchev–Trinajstić information content (AvgIpc) is 3.45. The number of halogens is 2. The number of pyridine rings is 1. The minimum absolute atomic E-state index is 0.0648. The number of anilines is 1. The van der Waals surface area contributed by atoms with Gasteiger partial charge in [0, 0.05) is 29.8 Å². The zero-order valence-electron chi connectivity index (χ0n) is 21.2. The molecule has 4 heterocycles. The molecule has 0 unspecified atom stereocenters. The van der Waals surface area contributed by atoms with Crippen LogP contribution in [-0.4, -0.2) is 60.2 Å². The van der Waals surface area contributed by atoms with Gasteiger partial charge in [0.25, 0.3) is 0 Å². The molecule has 38 heavy (non-hydrogen) atoms. The van der Waals surface area contributed by atoms with Gasteiger partial charge in [-0.25, -0.2) is 19.3 Å². The highest BCUT2D eigenvalue weighted by molar-refractivity contribution is 9.10. The van der Waals surface area contributed by atoms with Crippen molar-refractivity contribution in [3.8, 4) is 11.1 Å². The molecular formula is C27H27BrFN7O2. The molecule has 1 N–H and O–H groups in total. The molecule has 0 bridgehead atoms. The van der Waals surface area contributed by atoms with Crippen molar-refractivity contribution in [3.63, 3.8) is 0 Å². The van der Waals surface area contributed by atoms with Gasteiger partial charge in [-0.1, -0.05) is 26.0 Å². The first-order valence-electron chi connectivity index (χ1n) is 12.4. The number of nitrogens with one attached hydrogen (secondary N) is 1. The van der Waals surface area contributed by atoms with Gasteiger partial charge in [0.1, 0.15) is 35.0 Å². The zero-order valence-corrected chi connectivity index (χ0v) is 22.8. The lowest BCUT2D eigenvalue weighted by Crippen LogP contribution is -2.44. The molecule has 196 valence electrons. The van der Waals surface area contributed by atoms with E-state index in [0.717, 1.165) is 27.7 Å². The minimum Gasteiger partial charge on any atom is -0.326 e. The number of likely N-dealkylation sites (tertiary alicyclic amines) is 1. The summed E-state index contributed by atoms with van der Waals surface area (Å²) in [5, 5.41) is 8.36. The Balaban J connectivity index is 1.40. The molecule has 1 aliphatic heterocycles. The molecule has 0 saturated carbocycles. The maximum Gasteiger partial charge on any atom is 0.248 e. The number of nitrogens with zero attached hydrogens (tertiary/aromatic N) is 6. The SMILES string of the molecule is Cc1ncc(-c2ccc3c(c2)c(C(C)C)nn3CC(=O)N2C[C@H](F)C[C@H]2C(=O)Nc2cccc(Br)n2)cn1. The molecule has 4 aromatic rings. The molecule has 1 aromatic carbocycles. The maximum atomic E-state index is 14.4. The van der Waals surface area contributed by atoms with Crippen LogP contribution in [0.25, 0.3) is 22.0 Å². The average molecular weight is 580 g/mol. The lowest BCUT2D eigenvalue weighted by molar-refractivity contribution is -0.137. The Morgan fingerprint density at radius 1 is 1.16 bits per heavy atom. The van der Waals surface area contributed by atoms with Gasteiger partial charge in [-0.3, -0.25) is 14.3 Å². The summed E-state index contributed by atoms with van der Waals surface area (Å²) < 4.78 is 16.6. The molecule has 2 amide bonds. The van der Waals surface area contributed by atoms with Gasteiger partial charge in [-0.15, -0.1) is 0 Å². The Morgan fingerprint density at radius 2 is 1.92 bits per heavy atom. The highest BCUT2D eigenvalue weighted by Gasteiger charge is 2.40. The summed E-state index contributed by atoms with van der Waals surface area (Å²) in [7, 11) is 0. The van der Waals surface area contributed by atoms with Crippen molar-refractivity contribution in [2.45, 2.75) is 51.9 Å². The minimum atomic E-state index is -1.29. The van der Waals surface area contributed by atoms with Crippen molar-refractivity contribution in [3.05, 3.63) is 64.9 Å². The van der Waals surface area contributed by atoms with Crippen LogP contribution in [0.5, 0.6) is 0 Å². The number of fused-ring (bicyclic) bond motifs is 1. The van der Waals surface area contributed by atoms with E-state index in [2.05, 4.69) is 36.2 Å². The number of aryl methyl sites for hydroxylation is 1. The lowest BCUT2D eigenvalue weighted by atomic mass is 10.0. The fraction of sp³-hybridized carbons (Fsp3) is 0.333. The number of alkyl halides is 1. The summed E-state index contributed by atoms with van der Waals surface area (Å²) in [6.07, 6.45) is 2.21. The molecule has 3 aromatic heterocycles. The first-order chi connectivity index (χ1) is 18.2. The van der Waals surface area contributed by atoms with Crippen LogP contribution in [0.4, 0.5) is 10.2 Å². The Labute approximate surface area is 227 Å². The third kappa shape index (κ3) is 5.28. The summed E-state index contributed by atoms with van der Waals surface area (Å²) in [5.41, 5.74) is 3.47. The summed E-state index contributed by atoms with van der Waals surface area (Å²) in [4.78, 5) is 40.5. The van der Waals surface area contributed by atoms with Crippen molar-refractivity contribution in [1.82, 2.24) is 29.6 Å². The van der Waals surface area contributed by atoms with Gasteiger partial charge in [0.05, 0.1) is 17.8 Å². The van der Waals surface area contributed by atoms with Crippen LogP contribution in [0.3, 0.4) is 0 Å². The van der Waals surface area contributed by atoms with Crippen LogP contribution in [-0.2, 0) is 16.1 Å². The van der Waals surface area contributed by atoms with Crippen LogP contribution in [0.2, 0.25) is 0 Å². The van der Waals surface area contributed by atoms with Crippen molar-refractivity contribution >= 4 is 44.5 Å². The molecule has 2 atom stereocenters. The number of hydrogen-bond acceptors (Lipinski definition) is 6. The highest BCUT2D eigenvalue weighted by Crippen LogP contribution is 2.30. The zero-order chi connectivity index (χ0) is 27.0. The smallest absolute Gasteiger partial charge is 0.248 e. The number of benzene rings is 1. The van der Waals surface area contributed by atoms with Crippen LogP contribution >= 0.6 is 15.9 Å². The summed E-state index contributed by atoms with van der Waals surface area (Å²) in [6, 6.07) is 10.1. The third-order valence-electron chi connectivity index (χ3n) is 6.56. The molecule has 0 spiro atoms. The predicted molar refractivity (Wildman–Crippen MR) is 145 cm³/mol.